The minimum Gasteiger partial charge on any atom is -0.481 e. The van der Waals surface area contributed by atoms with Crippen molar-refractivity contribution in [1.29, 1.82) is 0 Å². The Balaban J connectivity index is 1.82. The number of rotatable bonds is 4. The third-order valence-corrected chi connectivity index (χ3v) is 4.55. The van der Waals surface area contributed by atoms with E-state index < -0.39 is 17.8 Å². The SMILES string of the molecule is Cc1cc(Cl)ccc1OC(C)C(=O)N1CCC(NC(=O)OC(C)(C)C)CC1. The number of likely N-dealkylation sites (tertiary alicyclic amines) is 1. The van der Waals surface area contributed by atoms with Gasteiger partial charge < -0.3 is 19.7 Å². The molecule has 1 atom stereocenters. The molecule has 0 aromatic heterocycles. The van der Waals surface area contributed by atoms with Gasteiger partial charge in [0.25, 0.3) is 5.91 Å². The number of hydrogen-bond donors (Lipinski definition) is 1. The van der Waals surface area contributed by atoms with E-state index in [4.69, 9.17) is 21.1 Å². The predicted octanol–water partition coefficient (Wildman–Crippen LogP) is 3.93. The minimum atomic E-state index is -0.583. The summed E-state index contributed by atoms with van der Waals surface area (Å²) >= 11 is 5.95. The normalized spacial score (nSPS) is 16.6. The molecule has 0 saturated carbocycles. The van der Waals surface area contributed by atoms with Crippen LogP contribution < -0.4 is 10.1 Å². The molecule has 2 amide bonds. The quantitative estimate of drug-likeness (QED) is 0.837. The predicted molar refractivity (Wildman–Crippen MR) is 105 cm³/mol. The van der Waals surface area contributed by atoms with Gasteiger partial charge in [-0.15, -0.1) is 0 Å². The smallest absolute Gasteiger partial charge is 0.407 e. The van der Waals surface area contributed by atoms with E-state index in [0.29, 0.717) is 36.7 Å². The van der Waals surface area contributed by atoms with E-state index >= 15 is 0 Å². The fourth-order valence-corrected chi connectivity index (χ4v) is 3.19. The van der Waals surface area contributed by atoms with Gasteiger partial charge in [-0.3, -0.25) is 4.79 Å². The van der Waals surface area contributed by atoms with Gasteiger partial charge >= 0.3 is 6.09 Å². The second-order valence-corrected chi connectivity index (χ2v) is 8.35. The highest BCUT2D eigenvalue weighted by Crippen LogP contribution is 2.23. The van der Waals surface area contributed by atoms with Crippen LogP contribution in [0.3, 0.4) is 0 Å². The van der Waals surface area contributed by atoms with Crippen molar-refractivity contribution in [2.24, 2.45) is 0 Å². The van der Waals surface area contributed by atoms with Gasteiger partial charge in [-0.2, -0.15) is 0 Å². The van der Waals surface area contributed by atoms with E-state index in [1.165, 1.54) is 0 Å². The number of carbonyl (C=O) groups is 2. The molecule has 1 aromatic carbocycles. The molecule has 0 aliphatic carbocycles. The van der Waals surface area contributed by atoms with Crippen LogP contribution in [0.2, 0.25) is 5.02 Å². The number of hydrogen-bond acceptors (Lipinski definition) is 4. The van der Waals surface area contributed by atoms with Gasteiger partial charge in [0.2, 0.25) is 0 Å². The Morgan fingerprint density at radius 1 is 1.26 bits per heavy atom. The van der Waals surface area contributed by atoms with Crippen LogP contribution in [0.25, 0.3) is 0 Å². The fraction of sp³-hybridized carbons (Fsp3) is 0.600. The molecule has 0 radical (unpaired) electrons. The lowest BCUT2D eigenvalue weighted by Gasteiger charge is -2.34. The highest BCUT2D eigenvalue weighted by molar-refractivity contribution is 6.30. The topological polar surface area (TPSA) is 67.9 Å². The third kappa shape index (κ3) is 6.61. The lowest BCUT2D eigenvalue weighted by Crippen LogP contribution is -2.50. The Hall–Kier alpha value is -1.95. The average Bonchev–Trinajstić information content (AvgIpc) is 2.55. The molecule has 1 unspecified atom stereocenters. The van der Waals surface area contributed by atoms with Crippen LogP contribution in [-0.2, 0) is 9.53 Å². The number of alkyl carbamates (subject to hydrolysis) is 1. The zero-order chi connectivity index (χ0) is 20.2. The summed E-state index contributed by atoms with van der Waals surface area (Å²) < 4.78 is 11.1. The molecule has 1 aliphatic heterocycles. The van der Waals surface area contributed by atoms with Crippen LogP contribution in [0.15, 0.2) is 18.2 Å². The molecule has 150 valence electrons. The molecule has 1 aliphatic rings. The van der Waals surface area contributed by atoms with Crippen LogP contribution in [0.4, 0.5) is 4.79 Å². The van der Waals surface area contributed by atoms with Crippen molar-refractivity contribution in [2.45, 2.75) is 65.2 Å². The Kier molecular flexibility index (Phi) is 6.98. The van der Waals surface area contributed by atoms with Crippen molar-refractivity contribution in [1.82, 2.24) is 10.2 Å². The van der Waals surface area contributed by atoms with Gasteiger partial charge in [-0.25, -0.2) is 4.79 Å². The van der Waals surface area contributed by atoms with E-state index in [9.17, 15) is 9.59 Å². The molecule has 1 fully saturated rings. The summed E-state index contributed by atoms with van der Waals surface area (Å²) in [5, 5.41) is 3.51. The molecular formula is C20H29ClN2O4. The molecule has 7 heteroatoms. The van der Waals surface area contributed by atoms with Crippen molar-refractivity contribution >= 4 is 23.6 Å². The first-order chi connectivity index (χ1) is 12.5. The zero-order valence-electron chi connectivity index (χ0n) is 16.7. The largest absolute Gasteiger partial charge is 0.481 e. The van der Waals surface area contributed by atoms with Crippen LogP contribution in [-0.4, -0.2) is 47.7 Å². The maximum absolute atomic E-state index is 12.7. The van der Waals surface area contributed by atoms with E-state index in [-0.39, 0.29) is 11.9 Å². The van der Waals surface area contributed by atoms with E-state index in [2.05, 4.69) is 5.32 Å². The number of ether oxygens (including phenoxy) is 2. The van der Waals surface area contributed by atoms with Crippen LogP contribution in [0.5, 0.6) is 5.75 Å². The molecular weight excluding hydrogens is 368 g/mol. The average molecular weight is 397 g/mol. The van der Waals surface area contributed by atoms with Crippen LogP contribution in [0, 0.1) is 6.92 Å². The number of nitrogens with one attached hydrogen (secondary N) is 1. The van der Waals surface area contributed by atoms with Crippen molar-refractivity contribution in [2.75, 3.05) is 13.1 Å². The van der Waals surface area contributed by atoms with Gasteiger partial charge in [0.15, 0.2) is 6.10 Å². The number of halogens is 1. The fourth-order valence-electron chi connectivity index (χ4n) is 2.96. The number of amides is 2. The van der Waals surface area contributed by atoms with Crippen molar-refractivity contribution < 1.29 is 19.1 Å². The van der Waals surface area contributed by atoms with E-state index in [1.807, 2.05) is 33.8 Å². The van der Waals surface area contributed by atoms with E-state index in [0.717, 1.165) is 5.56 Å². The Labute approximate surface area is 166 Å². The maximum atomic E-state index is 12.7. The Morgan fingerprint density at radius 2 is 1.89 bits per heavy atom. The number of benzene rings is 1. The molecule has 1 saturated heterocycles. The molecule has 1 heterocycles. The number of nitrogens with zero attached hydrogens (tertiary/aromatic N) is 1. The lowest BCUT2D eigenvalue weighted by atomic mass is 10.0. The summed E-state index contributed by atoms with van der Waals surface area (Å²) in [4.78, 5) is 26.3. The molecule has 27 heavy (non-hydrogen) atoms. The first-order valence-electron chi connectivity index (χ1n) is 9.26. The summed E-state index contributed by atoms with van der Waals surface area (Å²) in [6, 6.07) is 5.34. The van der Waals surface area contributed by atoms with Gasteiger partial charge in [-0.1, -0.05) is 11.6 Å². The number of aryl methyl sites for hydroxylation is 1. The van der Waals surface area contributed by atoms with E-state index in [1.54, 1.807) is 24.0 Å². The number of carbonyl (C=O) groups excluding carboxylic acids is 2. The summed E-state index contributed by atoms with van der Waals surface area (Å²) in [6.07, 6.45) is 0.387. The summed E-state index contributed by atoms with van der Waals surface area (Å²) in [6.45, 7) is 10.3. The van der Waals surface area contributed by atoms with Gasteiger partial charge in [-0.05, 0) is 71.2 Å². The van der Waals surface area contributed by atoms with Crippen molar-refractivity contribution in [3.63, 3.8) is 0 Å². The van der Waals surface area contributed by atoms with Crippen molar-refractivity contribution in [3.8, 4) is 5.75 Å². The van der Waals surface area contributed by atoms with Crippen molar-refractivity contribution in [3.05, 3.63) is 28.8 Å². The maximum Gasteiger partial charge on any atom is 0.407 e. The number of piperidine rings is 1. The Morgan fingerprint density at radius 3 is 2.44 bits per heavy atom. The molecule has 2 rings (SSSR count). The molecule has 6 nitrogen and oxygen atoms in total. The Bertz CT molecular complexity index is 679. The first kappa shape index (κ1) is 21.4. The molecule has 0 bridgehead atoms. The van der Waals surface area contributed by atoms with Gasteiger partial charge in [0.05, 0.1) is 0 Å². The monoisotopic (exact) mass is 396 g/mol. The van der Waals surface area contributed by atoms with Gasteiger partial charge in [0, 0.05) is 24.2 Å². The minimum absolute atomic E-state index is 0.0126. The second kappa shape index (κ2) is 8.83. The zero-order valence-corrected chi connectivity index (χ0v) is 17.4. The van der Waals surface area contributed by atoms with Crippen LogP contribution in [0.1, 0.15) is 46.1 Å². The molecule has 0 spiro atoms. The lowest BCUT2D eigenvalue weighted by molar-refractivity contribution is -0.139. The third-order valence-electron chi connectivity index (χ3n) is 4.32. The van der Waals surface area contributed by atoms with Crippen LogP contribution >= 0.6 is 11.6 Å². The summed E-state index contributed by atoms with van der Waals surface area (Å²) in [5.41, 5.74) is 0.371. The first-order valence-corrected chi connectivity index (χ1v) is 9.64. The summed E-state index contributed by atoms with van der Waals surface area (Å²) in [7, 11) is 0. The summed E-state index contributed by atoms with van der Waals surface area (Å²) in [5.74, 6) is 0.599. The molecule has 1 aromatic rings. The highest BCUT2D eigenvalue weighted by atomic mass is 35.5. The molecule has 1 N–H and O–H groups in total. The van der Waals surface area contributed by atoms with Gasteiger partial charge in [0.1, 0.15) is 11.4 Å². The second-order valence-electron chi connectivity index (χ2n) is 7.92. The highest BCUT2D eigenvalue weighted by Gasteiger charge is 2.28. The standard InChI is InChI=1S/C20H29ClN2O4/c1-13-12-15(21)6-7-17(13)26-14(2)18(24)23-10-8-16(9-11-23)22-19(25)27-20(3,4)5/h6-7,12,14,16H,8-11H2,1-5H3,(H,22,25).